The standard InChI is InChI=1S/C93H67NO4/c1-89(2)65-39-40-76-80(58-23-13-18-28-73(58)95-76)79(65)63-47-69-62(46-70(63)89)52-36-32-49(42-66(52)90(69,3)4)94(51-34-38-57-68(44-51)93(9,10)85-81(57)83-60-25-15-20-30-75(60)98-88(83)84-55-22-11-16-26-64(55)92(7,8)86(84)85)50-33-37-56-67(43-50)91(5,6)71-45-61(87-82(78(56)71)59-24-14-19-29-74(59)97-87)48-31-35-54-53-21-12-17-27-72(53)96-77(54)41-48/h11-47H,1-10H3. The SMILES string of the molecule is CC1(C)c2cc(N(c3ccc4c(c3)C(C)(C)c3cc(-c5ccc6c(c5)oc5ccccc56)c5oc6ccccc6c5c3-4)c3ccc4c(c3)C(C)(C)c3c5c(c6oc7ccccc7c6c3-4)-c3ccccc3C5(C)C)ccc2-c2cc3c(cc21)-c1c(ccc2oc4ccccc4c12)C3(C)C. The lowest BCUT2D eigenvalue weighted by atomic mass is 9.72. The van der Waals surface area contributed by atoms with E-state index in [0.717, 1.165) is 99.8 Å². The van der Waals surface area contributed by atoms with Gasteiger partial charge < -0.3 is 22.6 Å². The van der Waals surface area contributed by atoms with Gasteiger partial charge in [-0.15, -0.1) is 0 Å². The highest BCUT2D eigenvalue weighted by Crippen LogP contribution is 2.66. The fourth-order valence-corrected chi connectivity index (χ4v) is 19.8. The zero-order valence-electron chi connectivity index (χ0n) is 56.4. The molecule has 0 atom stereocenters. The first-order valence-corrected chi connectivity index (χ1v) is 34.8. The Kier molecular flexibility index (Phi) is 10.1. The Morgan fingerprint density at radius 2 is 0.673 bits per heavy atom. The largest absolute Gasteiger partial charge is 0.456 e. The van der Waals surface area contributed by atoms with Gasteiger partial charge in [-0.3, -0.25) is 0 Å². The van der Waals surface area contributed by atoms with Crippen molar-refractivity contribution in [2.24, 2.45) is 0 Å². The molecule has 5 nitrogen and oxygen atoms in total. The van der Waals surface area contributed by atoms with Gasteiger partial charge in [0, 0.05) is 98.4 Å². The Balaban J connectivity index is 0.754. The van der Waals surface area contributed by atoms with Crippen LogP contribution in [0.25, 0.3) is 155 Å². The van der Waals surface area contributed by atoms with Crippen molar-refractivity contribution in [3.05, 3.63) is 280 Å². The van der Waals surface area contributed by atoms with Crippen molar-refractivity contribution >= 4 is 105 Å². The minimum absolute atomic E-state index is 0.226. The highest BCUT2D eigenvalue weighted by molar-refractivity contribution is 6.23. The van der Waals surface area contributed by atoms with Gasteiger partial charge in [-0.05, 0) is 208 Å². The van der Waals surface area contributed by atoms with Crippen LogP contribution in [0.4, 0.5) is 17.1 Å². The summed E-state index contributed by atoms with van der Waals surface area (Å²) in [6.07, 6.45) is 0. The molecule has 0 saturated heterocycles. The molecule has 5 heteroatoms. The molecular weight excluding hydrogens is 1200 g/mol. The van der Waals surface area contributed by atoms with Crippen LogP contribution < -0.4 is 4.90 Å². The third kappa shape index (κ3) is 6.59. The summed E-state index contributed by atoms with van der Waals surface area (Å²) in [6.45, 7) is 24.3. The fraction of sp³-hybridized carbons (Fsp3) is 0.161. The molecule has 13 aromatic carbocycles. The Bertz CT molecular complexity index is 6600. The summed E-state index contributed by atoms with van der Waals surface area (Å²) in [6, 6.07) is 83.9. The molecule has 0 unspecified atom stereocenters. The van der Waals surface area contributed by atoms with Crippen molar-refractivity contribution in [3.63, 3.8) is 0 Å². The number of benzene rings is 13. The van der Waals surface area contributed by atoms with Gasteiger partial charge in [-0.25, -0.2) is 0 Å². The smallest absolute Gasteiger partial charge is 0.144 e. The summed E-state index contributed by atoms with van der Waals surface area (Å²) in [4.78, 5) is 2.57. The molecule has 0 bridgehead atoms. The van der Waals surface area contributed by atoms with Crippen molar-refractivity contribution in [1.82, 2.24) is 0 Å². The summed E-state index contributed by atoms with van der Waals surface area (Å²) in [5, 5.41) is 9.22. The van der Waals surface area contributed by atoms with Gasteiger partial charge in [-0.1, -0.05) is 197 Å². The highest BCUT2D eigenvalue weighted by atomic mass is 16.3. The predicted octanol–water partition coefficient (Wildman–Crippen LogP) is 26.0. The summed E-state index contributed by atoms with van der Waals surface area (Å²) < 4.78 is 27.4. The zero-order valence-corrected chi connectivity index (χ0v) is 56.4. The number of nitrogens with zero attached hydrogens (tertiary/aromatic N) is 1. The van der Waals surface area contributed by atoms with E-state index in [0.29, 0.717) is 0 Å². The molecule has 4 heterocycles. The van der Waals surface area contributed by atoms with E-state index >= 15 is 0 Å². The van der Waals surface area contributed by atoms with Gasteiger partial charge in [0.05, 0.1) is 0 Å². The molecular formula is C93H67NO4. The second kappa shape index (κ2) is 17.9. The maximum atomic E-state index is 7.14. The molecule has 98 heavy (non-hydrogen) atoms. The topological polar surface area (TPSA) is 55.8 Å². The van der Waals surface area contributed by atoms with Gasteiger partial charge in [-0.2, -0.15) is 0 Å². The van der Waals surface area contributed by atoms with Gasteiger partial charge in [0.25, 0.3) is 0 Å². The number of rotatable bonds is 4. The Hall–Kier alpha value is -11.1. The summed E-state index contributed by atoms with van der Waals surface area (Å²) in [5.74, 6) is 0. The number of hydrogen-bond acceptors (Lipinski definition) is 5. The molecule has 17 aromatic rings. The lowest BCUT2D eigenvalue weighted by molar-refractivity contribution is 0.600. The van der Waals surface area contributed by atoms with E-state index in [9.17, 15) is 0 Å². The second-order valence-corrected chi connectivity index (χ2v) is 31.4. The zero-order chi connectivity index (χ0) is 65.7. The molecule has 0 N–H and O–H groups in total. The molecule has 0 fully saturated rings. The van der Waals surface area contributed by atoms with E-state index in [-0.39, 0.29) is 16.2 Å². The average molecular weight is 1260 g/mol. The summed E-state index contributed by atoms with van der Waals surface area (Å²) in [5.41, 5.74) is 37.2. The molecule has 0 radical (unpaired) electrons. The van der Waals surface area contributed by atoms with Crippen LogP contribution >= 0.6 is 0 Å². The van der Waals surface area contributed by atoms with Crippen LogP contribution in [-0.2, 0) is 27.1 Å². The first-order valence-electron chi connectivity index (χ1n) is 34.8. The minimum Gasteiger partial charge on any atom is -0.456 e. The molecule has 22 rings (SSSR count). The van der Waals surface area contributed by atoms with Crippen LogP contribution in [0.5, 0.6) is 0 Å². The maximum absolute atomic E-state index is 7.14. The third-order valence-electron chi connectivity index (χ3n) is 24.6. The Morgan fingerprint density at radius 3 is 1.37 bits per heavy atom. The first kappa shape index (κ1) is 55.0. The molecule has 0 amide bonds. The lowest BCUT2D eigenvalue weighted by Crippen LogP contribution is -2.24. The maximum Gasteiger partial charge on any atom is 0.144 e. The molecule has 0 saturated carbocycles. The molecule has 0 spiro atoms. The van der Waals surface area contributed by atoms with Crippen LogP contribution in [0, 0.1) is 0 Å². The van der Waals surface area contributed by atoms with E-state index < -0.39 is 10.8 Å². The average Bonchev–Trinajstić information content (AvgIpc) is 1.51. The number of fused-ring (bicyclic) bond motifs is 32. The van der Waals surface area contributed by atoms with E-state index in [1.165, 1.54) is 127 Å². The Morgan fingerprint density at radius 1 is 0.235 bits per heavy atom. The number of hydrogen-bond donors (Lipinski definition) is 0. The summed E-state index contributed by atoms with van der Waals surface area (Å²) >= 11 is 0. The normalized spacial score (nSPS) is 16.3. The van der Waals surface area contributed by atoms with E-state index in [2.05, 4.69) is 293 Å². The lowest BCUT2D eigenvalue weighted by Gasteiger charge is -2.32. The first-order chi connectivity index (χ1) is 47.4. The quantitative estimate of drug-likeness (QED) is 0.176. The minimum atomic E-state index is -0.426. The van der Waals surface area contributed by atoms with Crippen LogP contribution in [0.2, 0.25) is 0 Å². The molecule has 0 aliphatic heterocycles. The van der Waals surface area contributed by atoms with E-state index in [1.807, 2.05) is 6.07 Å². The monoisotopic (exact) mass is 1260 g/mol. The van der Waals surface area contributed by atoms with E-state index in [4.69, 9.17) is 17.7 Å². The molecule has 5 aliphatic carbocycles. The molecule has 468 valence electrons. The van der Waals surface area contributed by atoms with Gasteiger partial charge in [0.15, 0.2) is 0 Å². The van der Waals surface area contributed by atoms with E-state index in [1.54, 1.807) is 0 Å². The number of anilines is 3. The Labute approximate surface area is 567 Å². The predicted molar refractivity (Wildman–Crippen MR) is 403 cm³/mol. The molecule has 5 aliphatic rings. The third-order valence-corrected chi connectivity index (χ3v) is 24.6. The van der Waals surface area contributed by atoms with Crippen LogP contribution in [0.1, 0.15) is 125 Å². The molecule has 4 aromatic heterocycles. The van der Waals surface area contributed by atoms with Gasteiger partial charge in [0.2, 0.25) is 0 Å². The van der Waals surface area contributed by atoms with Gasteiger partial charge in [0.1, 0.15) is 44.7 Å². The number of furan rings is 4. The van der Waals surface area contributed by atoms with Crippen molar-refractivity contribution in [2.45, 2.75) is 96.3 Å². The summed E-state index contributed by atoms with van der Waals surface area (Å²) in [7, 11) is 0. The van der Waals surface area contributed by atoms with Crippen molar-refractivity contribution < 1.29 is 17.7 Å². The van der Waals surface area contributed by atoms with Crippen molar-refractivity contribution in [2.75, 3.05) is 4.90 Å². The van der Waals surface area contributed by atoms with Crippen LogP contribution in [-0.4, -0.2) is 0 Å². The van der Waals surface area contributed by atoms with Crippen molar-refractivity contribution in [3.8, 4) is 66.8 Å². The second-order valence-electron chi connectivity index (χ2n) is 31.4. The van der Waals surface area contributed by atoms with Crippen LogP contribution in [0.15, 0.2) is 242 Å². The highest BCUT2D eigenvalue weighted by Gasteiger charge is 2.50. The van der Waals surface area contributed by atoms with Gasteiger partial charge >= 0.3 is 0 Å². The fourth-order valence-electron chi connectivity index (χ4n) is 19.8. The number of para-hydroxylation sites is 4. The van der Waals surface area contributed by atoms with Crippen molar-refractivity contribution in [1.29, 1.82) is 0 Å². The van der Waals surface area contributed by atoms with Crippen LogP contribution in [0.3, 0.4) is 0 Å².